The van der Waals surface area contributed by atoms with Gasteiger partial charge in [0.05, 0.1) is 6.61 Å². The van der Waals surface area contributed by atoms with Crippen LogP contribution >= 0.6 is 0 Å². The molecule has 0 amide bonds. The molecule has 0 radical (unpaired) electrons. The van der Waals surface area contributed by atoms with E-state index in [1.807, 2.05) is 6.92 Å². The minimum atomic E-state index is -0.805. The maximum atomic E-state index is 13.1. The van der Waals surface area contributed by atoms with Gasteiger partial charge in [0, 0.05) is 24.3 Å². The quantitative estimate of drug-likeness (QED) is 0.659. The Morgan fingerprint density at radius 2 is 1.96 bits per heavy atom. The van der Waals surface area contributed by atoms with Crippen molar-refractivity contribution in [2.75, 3.05) is 6.61 Å². The van der Waals surface area contributed by atoms with E-state index in [1.54, 1.807) is 0 Å². The van der Waals surface area contributed by atoms with E-state index >= 15 is 0 Å². The van der Waals surface area contributed by atoms with Gasteiger partial charge in [0.25, 0.3) is 0 Å². The molecule has 3 heteroatoms. The Morgan fingerprint density at radius 3 is 2.71 bits per heavy atom. The second kappa shape index (κ2) is 4.87. The van der Waals surface area contributed by atoms with E-state index in [0.29, 0.717) is 18.4 Å². The predicted molar refractivity (Wildman–Crippen MR) is 93.1 cm³/mol. The minimum Gasteiger partial charge on any atom is -0.493 e. The van der Waals surface area contributed by atoms with Crippen LogP contribution in [0.25, 0.3) is 0 Å². The molecule has 0 aromatic carbocycles. The van der Waals surface area contributed by atoms with Gasteiger partial charge in [0.2, 0.25) is 5.78 Å². The highest BCUT2D eigenvalue weighted by atomic mass is 16.5. The van der Waals surface area contributed by atoms with Gasteiger partial charge in [0.1, 0.15) is 11.5 Å². The molecule has 1 aliphatic carbocycles. The molecule has 0 N–H and O–H groups in total. The molecule has 0 unspecified atom stereocenters. The largest absolute Gasteiger partial charge is 0.493 e. The zero-order chi connectivity index (χ0) is 17.3. The highest BCUT2D eigenvalue weighted by Gasteiger charge is 2.54. The van der Waals surface area contributed by atoms with Crippen molar-refractivity contribution < 1.29 is 14.3 Å². The molecule has 24 heavy (non-hydrogen) atoms. The topological polar surface area (TPSA) is 35.5 Å². The molecule has 0 aromatic heterocycles. The van der Waals surface area contributed by atoms with Crippen LogP contribution in [0.5, 0.6) is 0 Å². The Bertz CT molecular complexity index is 747. The van der Waals surface area contributed by atoms with E-state index in [0.717, 1.165) is 41.1 Å². The van der Waals surface area contributed by atoms with Gasteiger partial charge in [-0.05, 0) is 48.5 Å². The van der Waals surface area contributed by atoms with Crippen molar-refractivity contribution >= 4 is 5.78 Å². The fourth-order valence-electron chi connectivity index (χ4n) is 4.50. The summed E-state index contributed by atoms with van der Waals surface area (Å²) in [6.45, 7) is 11.3. The SMILES string of the molecule is CC1=C2CC(C)(C)[C@@H]3C=C(OC3)/C(C)=C\C3=C[C@H](C)C[C@]3(O2)C1=O. The van der Waals surface area contributed by atoms with E-state index in [1.165, 1.54) is 0 Å². The Kier molecular flexibility index (Phi) is 3.20. The maximum Gasteiger partial charge on any atom is 0.210 e. The zero-order valence-corrected chi connectivity index (χ0v) is 15.2. The summed E-state index contributed by atoms with van der Waals surface area (Å²) < 4.78 is 12.4. The predicted octanol–water partition coefficient (Wildman–Crippen LogP) is 4.47. The van der Waals surface area contributed by atoms with Crippen molar-refractivity contribution in [1.29, 1.82) is 0 Å². The highest BCUT2D eigenvalue weighted by Crippen LogP contribution is 2.51. The van der Waals surface area contributed by atoms with Gasteiger partial charge in [-0.3, -0.25) is 4.79 Å². The van der Waals surface area contributed by atoms with Crippen LogP contribution in [-0.4, -0.2) is 18.0 Å². The van der Waals surface area contributed by atoms with Crippen molar-refractivity contribution in [3.05, 3.63) is 46.5 Å². The van der Waals surface area contributed by atoms with E-state index in [4.69, 9.17) is 9.47 Å². The summed E-state index contributed by atoms with van der Waals surface area (Å²) in [5, 5.41) is 0. The summed E-state index contributed by atoms with van der Waals surface area (Å²) in [6, 6.07) is 0. The van der Waals surface area contributed by atoms with Crippen LogP contribution < -0.4 is 0 Å². The zero-order valence-electron chi connectivity index (χ0n) is 15.2. The Morgan fingerprint density at radius 1 is 1.21 bits per heavy atom. The number of rotatable bonds is 0. The number of hydrogen-bond acceptors (Lipinski definition) is 3. The first-order chi connectivity index (χ1) is 11.2. The number of Topliss-reactive ketones (excluding diaryl/α,β-unsaturated/α-hetero) is 1. The van der Waals surface area contributed by atoms with Crippen molar-refractivity contribution in [2.45, 2.75) is 53.1 Å². The average Bonchev–Trinajstić information content (AvgIpc) is 3.15. The summed E-state index contributed by atoms with van der Waals surface area (Å²) >= 11 is 0. The Balaban J connectivity index is 1.89. The molecule has 3 heterocycles. The summed E-state index contributed by atoms with van der Waals surface area (Å²) in [5.41, 5.74) is 2.07. The number of hydrogen-bond donors (Lipinski definition) is 0. The van der Waals surface area contributed by atoms with E-state index in [-0.39, 0.29) is 11.2 Å². The smallest absolute Gasteiger partial charge is 0.210 e. The van der Waals surface area contributed by atoms with Crippen LogP contribution in [0.2, 0.25) is 0 Å². The lowest BCUT2D eigenvalue weighted by Gasteiger charge is -2.32. The average molecular weight is 326 g/mol. The number of carbonyl (C=O) groups excluding carboxylic acids is 1. The van der Waals surface area contributed by atoms with E-state index < -0.39 is 5.60 Å². The third-order valence-electron chi connectivity index (χ3n) is 6.11. The fraction of sp³-hybridized carbons (Fsp3) is 0.571. The summed E-state index contributed by atoms with van der Waals surface area (Å²) in [5.74, 6) is 2.65. The molecule has 3 aliphatic heterocycles. The first-order valence-corrected chi connectivity index (χ1v) is 8.92. The monoisotopic (exact) mass is 326 g/mol. The molecule has 4 rings (SSSR count). The second-order valence-corrected chi connectivity index (χ2v) is 8.55. The lowest BCUT2D eigenvalue weighted by molar-refractivity contribution is -0.127. The highest BCUT2D eigenvalue weighted by molar-refractivity contribution is 6.07. The van der Waals surface area contributed by atoms with Gasteiger partial charge >= 0.3 is 0 Å². The van der Waals surface area contributed by atoms with Crippen molar-refractivity contribution in [1.82, 2.24) is 0 Å². The molecule has 1 spiro atoms. The van der Waals surface area contributed by atoms with Gasteiger partial charge < -0.3 is 9.47 Å². The van der Waals surface area contributed by atoms with Gasteiger partial charge in [-0.15, -0.1) is 0 Å². The van der Waals surface area contributed by atoms with E-state index in [9.17, 15) is 4.79 Å². The third-order valence-corrected chi connectivity index (χ3v) is 6.11. The normalized spacial score (nSPS) is 39.2. The molecule has 4 aliphatic rings. The number of allylic oxidation sites excluding steroid dienone is 3. The second-order valence-electron chi connectivity index (χ2n) is 8.55. The van der Waals surface area contributed by atoms with E-state index in [2.05, 4.69) is 45.9 Å². The van der Waals surface area contributed by atoms with Crippen LogP contribution in [0.3, 0.4) is 0 Å². The molecule has 3 nitrogen and oxygen atoms in total. The number of ketones is 1. The summed E-state index contributed by atoms with van der Waals surface area (Å²) in [7, 11) is 0. The van der Waals surface area contributed by atoms with Gasteiger partial charge in [0.15, 0.2) is 5.60 Å². The van der Waals surface area contributed by atoms with Gasteiger partial charge in [-0.2, -0.15) is 0 Å². The molecule has 0 saturated carbocycles. The van der Waals surface area contributed by atoms with Crippen LogP contribution in [0.1, 0.15) is 47.5 Å². The molecule has 0 saturated heterocycles. The molecule has 3 atom stereocenters. The standard InChI is InChI=1S/C21H26O3/c1-12-6-15-7-13(2)17-8-16(11-23-17)20(4,5)10-18-14(3)19(22)21(15,9-12)24-18/h6-8,12,16H,9-11H2,1-5H3/b13-7-/t12-,16+,21+/m0/s1. The van der Waals surface area contributed by atoms with Crippen LogP contribution in [0.15, 0.2) is 46.5 Å². The Labute approximate surface area is 144 Å². The van der Waals surface area contributed by atoms with Crippen molar-refractivity contribution in [3.63, 3.8) is 0 Å². The fourth-order valence-corrected chi connectivity index (χ4v) is 4.50. The molecule has 0 aromatic rings. The number of ether oxygens (including phenoxy) is 2. The van der Waals surface area contributed by atoms with Gasteiger partial charge in [-0.1, -0.05) is 26.8 Å². The number of carbonyl (C=O) groups is 1. The molecule has 128 valence electrons. The van der Waals surface area contributed by atoms with Crippen molar-refractivity contribution in [3.8, 4) is 0 Å². The maximum absolute atomic E-state index is 13.1. The molecule has 4 bridgehead atoms. The van der Waals surface area contributed by atoms with Crippen LogP contribution in [0, 0.1) is 17.3 Å². The molecule has 0 fully saturated rings. The summed E-state index contributed by atoms with van der Waals surface area (Å²) in [6.07, 6.45) is 8.05. The summed E-state index contributed by atoms with van der Waals surface area (Å²) in [4.78, 5) is 13.1. The Hall–Kier alpha value is -1.77. The lowest BCUT2D eigenvalue weighted by Crippen LogP contribution is -2.37. The molecular weight excluding hydrogens is 300 g/mol. The first-order valence-electron chi connectivity index (χ1n) is 8.92. The lowest BCUT2D eigenvalue weighted by atomic mass is 9.75. The van der Waals surface area contributed by atoms with Crippen LogP contribution in [0.4, 0.5) is 0 Å². The van der Waals surface area contributed by atoms with Gasteiger partial charge in [-0.25, -0.2) is 0 Å². The van der Waals surface area contributed by atoms with Crippen LogP contribution in [-0.2, 0) is 14.3 Å². The van der Waals surface area contributed by atoms with Crippen molar-refractivity contribution in [2.24, 2.45) is 17.3 Å². The molecular formula is C21H26O3. The minimum absolute atomic E-state index is 0.0110. The first kappa shape index (κ1) is 15.7. The number of fused-ring (bicyclic) bond motifs is 2. The third kappa shape index (κ3) is 2.06.